The van der Waals surface area contributed by atoms with Crippen LogP contribution in [0.5, 0.6) is 5.75 Å². The number of benzene rings is 1. The summed E-state index contributed by atoms with van der Waals surface area (Å²) >= 11 is 0. The lowest BCUT2D eigenvalue weighted by Crippen LogP contribution is -2.39. The fraction of sp³-hybridized carbons (Fsp3) is 0.533. The van der Waals surface area contributed by atoms with Gasteiger partial charge in [-0.3, -0.25) is 4.79 Å². The molecule has 0 saturated heterocycles. The molecule has 2 unspecified atom stereocenters. The predicted octanol–water partition coefficient (Wildman–Crippen LogP) is 2.21. The molecule has 0 aliphatic heterocycles. The van der Waals surface area contributed by atoms with Crippen LogP contribution in [0.4, 0.5) is 0 Å². The number of para-hydroxylation sites is 1. The highest BCUT2D eigenvalue weighted by Crippen LogP contribution is 2.26. The van der Waals surface area contributed by atoms with Crippen LogP contribution in [0.15, 0.2) is 24.3 Å². The molecular formula is C15H22N2O4P+. The van der Waals surface area contributed by atoms with Gasteiger partial charge in [0.2, 0.25) is 0 Å². The molecule has 1 aromatic rings. The molecule has 6 nitrogen and oxygen atoms in total. The second kappa shape index (κ2) is 8.22. The van der Waals surface area contributed by atoms with E-state index in [0.717, 1.165) is 29.7 Å². The van der Waals surface area contributed by atoms with Crippen LogP contribution in [0.25, 0.3) is 0 Å². The van der Waals surface area contributed by atoms with Crippen molar-refractivity contribution >= 4 is 14.6 Å². The van der Waals surface area contributed by atoms with Crippen molar-refractivity contribution in [3.8, 4) is 5.75 Å². The number of rotatable bonds is 8. The van der Waals surface area contributed by atoms with Crippen LogP contribution >= 0.6 is 8.61 Å². The quantitative estimate of drug-likeness (QED) is 0.448. The van der Waals surface area contributed by atoms with Crippen LogP contribution in [0.3, 0.4) is 0 Å². The highest BCUT2D eigenvalue weighted by atomic mass is 31.1. The van der Waals surface area contributed by atoms with Crippen molar-refractivity contribution in [2.45, 2.75) is 44.8 Å². The highest BCUT2D eigenvalue weighted by Gasteiger charge is 2.34. The molecule has 2 rings (SSSR count). The summed E-state index contributed by atoms with van der Waals surface area (Å²) in [5.41, 5.74) is 6.48. The van der Waals surface area contributed by atoms with Gasteiger partial charge < -0.3 is 15.3 Å². The van der Waals surface area contributed by atoms with Crippen molar-refractivity contribution in [1.82, 2.24) is 4.83 Å². The number of nitrogens with two attached hydrogens (primary N) is 1. The average Bonchev–Trinajstić information content (AvgIpc) is 2.49. The van der Waals surface area contributed by atoms with Crippen LogP contribution in [0.2, 0.25) is 0 Å². The van der Waals surface area contributed by atoms with Crippen LogP contribution in [-0.4, -0.2) is 29.5 Å². The van der Waals surface area contributed by atoms with Crippen LogP contribution in [0, 0.1) is 0 Å². The molecular weight excluding hydrogens is 303 g/mol. The standard InChI is InChI=1S/C15H21N2O4P/c1-11(15(18)20-13-6-4-7-13)17(22-19)21-14-8-3-2-5-12(14)9-10-16/h2-3,5,8,11,13H,4,6-7,9-10,16H2,1H3/p+1. The van der Waals surface area contributed by atoms with Gasteiger partial charge in [0.05, 0.1) is 4.83 Å². The first-order valence-electron chi connectivity index (χ1n) is 7.49. The monoisotopic (exact) mass is 325 g/mol. The number of carbonyl (C=O) groups is 1. The average molecular weight is 325 g/mol. The van der Waals surface area contributed by atoms with E-state index >= 15 is 0 Å². The fourth-order valence-corrected chi connectivity index (χ4v) is 2.48. The van der Waals surface area contributed by atoms with Gasteiger partial charge in [0.15, 0.2) is 11.8 Å². The third-order valence-electron chi connectivity index (χ3n) is 3.70. The van der Waals surface area contributed by atoms with E-state index in [9.17, 15) is 9.36 Å². The summed E-state index contributed by atoms with van der Waals surface area (Å²) in [5, 5.41) is 0. The second-order valence-electron chi connectivity index (χ2n) is 5.32. The van der Waals surface area contributed by atoms with Gasteiger partial charge >= 0.3 is 14.6 Å². The minimum Gasteiger partial charge on any atom is -0.461 e. The molecule has 7 heteroatoms. The van der Waals surface area contributed by atoms with Gasteiger partial charge in [0.25, 0.3) is 0 Å². The maximum atomic E-state index is 12.0. The second-order valence-corrected chi connectivity index (χ2v) is 5.94. The zero-order valence-corrected chi connectivity index (χ0v) is 13.7. The number of hydrogen-bond acceptors (Lipinski definition) is 5. The molecule has 2 N–H and O–H groups in total. The fourth-order valence-electron chi connectivity index (χ4n) is 2.08. The van der Waals surface area contributed by atoms with Gasteiger partial charge in [0.1, 0.15) is 6.10 Å². The minimum absolute atomic E-state index is 0.00342. The molecule has 1 aromatic carbocycles. The first-order valence-corrected chi connectivity index (χ1v) is 8.34. The molecule has 1 aliphatic rings. The van der Waals surface area contributed by atoms with E-state index in [1.807, 2.05) is 18.2 Å². The maximum Gasteiger partial charge on any atom is 0.457 e. The molecule has 22 heavy (non-hydrogen) atoms. The Morgan fingerprint density at radius 3 is 2.77 bits per heavy atom. The van der Waals surface area contributed by atoms with Gasteiger partial charge in [-0.25, -0.2) is 0 Å². The van der Waals surface area contributed by atoms with E-state index in [4.69, 9.17) is 15.3 Å². The van der Waals surface area contributed by atoms with Crippen LogP contribution in [0.1, 0.15) is 31.7 Å². The Morgan fingerprint density at radius 2 is 2.18 bits per heavy atom. The first kappa shape index (κ1) is 16.9. The molecule has 0 aromatic heterocycles. The summed E-state index contributed by atoms with van der Waals surface area (Å²) in [6, 6.07) is 6.63. The van der Waals surface area contributed by atoms with Crippen LogP contribution < -0.4 is 10.6 Å². The number of hydrogen-bond donors (Lipinski definition) is 1. The number of ether oxygens (including phenoxy) is 1. The number of hydroxylamine groups is 1. The molecule has 1 aliphatic carbocycles. The lowest BCUT2D eigenvalue weighted by molar-refractivity contribution is -0.163. The van der Waals surface area contributed by atoms with E-state index < -0.39 is 20.6 Å². The first-order chi connectivity index (χ1) is 10.7. The van der Waals surface area contributed by atoms with Crippen molar-refractivity contribution in [2.75, 3.05) is 6.54 Å². The molecule has 2 atom stereocenters. The van der Waals surface area contributed by atoms with Crippen molar-refractivity contribution in [3.63, 3.8) is 0 Å². The number of carbonyl (C=O) groups excluding carboxylic acids is 1. The minimum atomic E-state index is -0.910. The van der Waals surface area contributed by atoms with Crippen molar-refractivity contribution in [1.29, 1.82) is 0 Å². The summed E-state index contributed by atoms with van der Waals surface area (Å²) in [6.45, 7) is 2.11. The summed E-state index contributed by atoms with van der Waals surface area (Å²) in [4.78, 5) is 18.8. The smallest absolute Gasteiger partial charge is 0.457 e. The summed E-state index contributed by atoms with van der Waals surface area (Å²) < 4.78 is 16.7. The molecule has 0 amide bonds. The lowest BCUT2D eigenvalue weighted by Gasteiger charge is -2.27. The largest absolute Gasteiger partial charge is 0.461 e. The summed E-state index contributed by atoms with van der Waals surface area (Å²) in [6.07, 6.45) is 3.53. The van der Waals surface area contributed by atoms with E-state index in [-0.39, 0.29) is 6.10 Å². The van der Waals surface area contributed by atoms with Gasteiger partial charge in [-0.2, -0.15) is 0 Å². The molecule has 0 spiro atoms. The SMILES string of the molecule is CC(C(=O)OC1CCC1)N(Oc1ccccc1CCN)[PH+]=O. The van der Waals surface area contributed by atoms with Crippen molar-refractivity contribution in [3.05, 3.63) is 29.8 Å². The third-order valence-corrected chi connectivity index (χ3v) is 4.36. The zero-order chi connectivity index (χ0) is 15.9. The topological polar surface area (TPSA) is 81.9 Å². The van der Waals surface area contributed by atoms with Gasteiger partial charge in [-0.15, -0.1) is 0 Å². The molecule has 0 heterocycles. The molecule has 1 saturated carbocycles. The summed E-state index contributed by atoms with van der Waals surface area (Å²) in [7, 11) is -0.910. The van der Waals surface area contributed by atoms with Gasteiger partial charge in [-0.05, 0) is 55.3 Å². The lowest BCUT2D eigenvalue weighted by atomic mass is 9.96. The normalized spacial score (nSPS) is 16.3. The number of esters is 1. The van der Waals surface area contributed by atoms with E-state index in [1.54, 1.807) is 13.0 Å². The van der Waals surface area contributed by atoms with Crippen molar-refractivity contribution in [2.24, 2.45) is 5.73 Å². The van der Waals surface area contributed by atoms with E-state index in [1.165, 1.54) is 0 Å². The Morgan fingerprint density at radius 1 is 1.45 bits per heavy atom. The molecule has 0 bridgehead atoms. The molecule has 0 radical (unpaired) electrons. The maximum absolute atomic E-state index is 12.0. The number of nitrogens with zero attached hydrogens (tertiary/aromatic N) is 1. The Bertz CT molecular complexity index is 522. The Hall–Kier alpha value is -1.49. The van der Waals surface area contributed by atoms with Crippen molar-refractivity contribution < 1.29 is 18.9 Å². The molecule has 1 fully saturated rings. The summed E-state index contributed by atoms with van der Waals surface area (Å²) in [5.74, 6) is 0.143. The zero-order valence-electron chi connectivity index (χ0n) is 12.7. The molecule has 120 valence electrons. The van der Waals surface area contributed by atoms with Gasteiger partial charge in [0, 0.05) is 0 Å². The Labute approximate surface area is 131 Å². The Kier molecular flexibility index (Phi) is 6.31. The van der Waals surface area contributed by atoms with E-state index in [2.05, 4.69) is 0 Å². The highest BCUT2D eigenvalue weighted by molar-refractivity contribution is 7.20. The van der Waals surface area contributed by atoms with E-state index in [0.29, 0.717) is 18.7 Å². The van der Waals surface area contributed by atoms with Crippen LogP contribution in [-0.2, 0) is 20.5 Å². The Balaban J connectivity index is 2.01. The third kappa shape index (κ3) is 4.26. The predicted molar refractivity (Wildman–Crippen MR) is 83.9 cm³/mol. The van der Waals surface area contributed by atoms with Gasteiger partial charge in [-0.1, -0.05) is 18.2 Å².